The van der Waals surface area contributed by atoms with E-state index in [2.05, 4.69) is 15.0 Å². The number of ether oxygens (including phenoxy) is 3. The van der Waals surface area contributed by atoms with Gasteiger partial charge in [-0.25, -0.2) is 18.3 Å². The third-order valence-electron chi connectivity index (χ3n) is 7.32. The van der Waals surface area contributed by atoms with Crippen molar-refractivity contribution in [1.29, 1.82) is 0 Å². The number of fused-ring (bicyclic) bond motifs is 1. The lowest BCUT2D eigenvalue weighted by Crippen LogP contribution is -2.52. The van der Waals surface area contributed by atoms with Crippen molar-refractivity contribution in [3.05, 3.63) is 71.2 Å². The summed E-state index contributed by atoms with van der Waals surface area (Å²) in [6, 6.07) is 9.58. The molecule has 2 aromatic carbocycles. The van der Waals surface area contributed by atoms with Gasteiger partial charge in [0, 0.05) is 16.7 Å². The van der Waals surface area contributed by atoms with Gasteiger partial charge in [-0.15, -0.1) is 0 Å². The number of hydrogen-bond acceptors (Lipinski definition) is 8. The fourth-order valence-electron chi connectivity index (χ4n) is 4.59. The van der Waals surface area contributed by atoms with E-state index in [-0.39, 0.29) is 58.6 Å². The molecular formula is C32H35F4N3O7S. The number of methoxy groups -OCH3 is 1. The topological polar surface area (TPSA) is 136 Å². The number of nitrogens with zero attached hydrogens (tertiary/aromatic N) is 1. The number of ketones is 1. The molecule has 10 nitrogen and oxygen atoms in total. The van der Waals surface area contributed by atoms with Crippen molar-refractivity contribution in [2.24, 2.45) is 0 Å². The van der Waals surface area contributed by atoms with Gasteiger partial charge in [0.15, 0.2) is 23.0 Å². The number of halogens is 4. The summed E-state index contributed by atoms with van der Waals surface area (Å²) >= 11 is 0. The summed E-state index contributed by atoms with van der Waals surface area (Å²) < 4.78 is 89.9. The van der Waals surface area contributed by atoms with Gasteiger partial charge in [-0.3, -0.25) is 9.59 Å². The summed E-state index contributed by atoms with van der Waals surface area (Å²) in [6.07, 6.45) is -5.36. The quantitative estimate of drug-likeness (QED) is 0.248. The highest BCUT2D eigenvalue weighted by molar-refractivity contribution is 7.84. The van der Waals surface area contributed by atoms with E-state index in [9.17, 15) is 36.5 Å². The second kappa shape index (κ2) is 13.2. The van der Waals surface area contributed by atoms with E-state index in [0.29, 0.717) is 0 Å². The van der Waals surface area contributed by atoms with Crippen LogP contribution < -0.4 is 24.2 Å². The number of aliphatic hydroxyl groups is 1. The first-order chi connectivity index (χ1) is 21.8. The summed E-state index contributed by atoms with van der Waals surface area (Å²) in [7, 11) is -0.410. The Labute approximate surface area is 271 Å². The predicted molar refractivity (Wildman–Crippen MR) is 165 cm³/mol. The maximum absolute atomic E-state index is 14.8. The molecule has 0 saturated heterocycles. The number of Topliss-reactive ketones (excluding diaryl/α,β-unsaturated/α-hetero) is 1. The molecule has 0 fully saturated rings. The summed E-state index contributed by atoms with van der Waals surface area (Å²) in [5, 5.41) is 13.5. The van der Waals surface area contributed by atoms with Gasteiger partial charge >= 0.3 is 6.18 Å². The molecule has 1 aliphatic heterocycles. The molecule has 3 N–H and O–H groups in total. The maximum Gasteiger partial charge on any atom is 0.424 e. The van der Waals surface area contributed by atoms with Crippen LogP contribution >= 0.6 is 0 Å². The van der Waals surface area contributed by atoms with Crippen molar-refractivity contribution in [2.75, 3.05) is 26.9 Å². The summed E-state index contributed by atoms with van der Waals surface area (Å²) in [6.45, 7) is 6.28. The molecule has 0 radical (unpaired) electrons. The van der Waals surface area contributed by atoms with Crippen molar-refractivity contribution in [3.63, 3.8) is 0 Å². The number of rotatable bonds is 11. The fraction of sp³-hybridized carbons (Fsp3) is 0.406. The highest BCUT2D eigenvalue weighted by Crippen LogP contribution is 2.47. The molecule has 1 amide bonds. The van der Waals surface area contributed by atoms with Gasteiger partial charge in [-0.1, -0.05) is 0 Å². The van der Waals surface area contributed by atoms with E-state index in [1.54, 1.807) is 27.7 Å². The molecule has 15 heteroatoms. The van der Waals surface area contributed by atoms with Crippen molar-refractivity contribution in [2.45, 2.75) is 56.7 Å². The second-order valence-electron chi connectivity index (χ2n) is 12.2. The molecule has 0 aliphatic carbocycles. The molecule has 0 bridgehead atoms. The number of benzene rings is 2. The third-order valence-corrected chi connectivity index (χ3v) is 9.07. The predicted octanol–water partition coefficient (Wildman–Crippen LogP) is 4.70. The third kappa shape index (κ3) is 7.57. The minimum Gasteiger partial charge on any atom is -0.493 e. The molecule has 254 valence electrons. The van der Waals surface area contributed by atoms with Crippen LogP contribution in [0.5, 0.6) is 17.2 Å². The van der Waals surface area contributed by atoms with Crippen molar-refractivity contribution >= 4 is 22.7 Å². The minimum absolute atomic E-state index is 0.0497. The van der Waals surface area contributed by atoms with Crippen molar-refractivity contribution in [1.82, 2.24) is 15.0 Å². The van der Waals surface area contributed by atoms with Crippen LogP contribution in [0.25, 0.3) is 11.3 Å². The van der Waals surface area contributed by atoms with Gasteiger partial charge < -0.3 is 24.6 Å². The molecule has 1 unspecified atom stereocenters. The first-order valence-corrected chi connectivity index (χ1v) is 15.5. The van der Waals surface area contributed by atoms with E-state index < -0.39 is 57.0 Å². The van der Waals surface area contributed by atoms with Crippen LogP contribution in [0, 0.1) is 5.82 Å². The molecule has 0 saturated carbocycles. The Morgan fingerprint density at radius 2 is 1.74 bits per heavy atom. The molecule has 3 atom stereocenters. The largest absolute Gasteiger partial charge is 0.493 e. The lowest BCUT2D eigenvalue weighted by molar-refractivity contribution is -0.265. The fourth-order valence-corrected chi connectivity index (χ4v) is 5.48. The van der Waals surface area contributed by atoms with E-state index in [1.807, 2.05) is 0 Å². The highest BCUT2D eigenvalue weighted by atomic mass is 32.2. The van der Waals surface area contributed by atoms with Crippen LogP contribution in [0.4, 0.5) is 17.6 Å². The molecular weight excluding hydrogens is 646 g/mol. The minimum atomic E-state index is -5.36. The van der Waals surface area contributed by atoms with Crippen LogP contribution in [-0.4, -0.2) is 63.8 Å². The standard InChI is InChI=1S/C32H35F4N3O7S/c1-18(40)15-45-23-12-9-20(13-24(23)44-6)28(41)37-16-31(42,32(34,35)36)25-14-22-27(26(38-25)19-7-10-21(33)11-8-19)46-17-30(22,5)39-47(43)29(2,3)4/h7-14,39,42H,15-17H2,1-6H3,(H,37,41)/t30-,31-,47?/m1/s1. The van der Waals surface area contributed by atoms with Gasteiger partial charge in [0.2, 0.25) is 5.60 Å². The Hall–Kier alpha value is -4.08. The average molecular weight is 682 g/mol. The van der Waals surface area contributed by atoms with Crippen LogP contribution in [0.15, 0.2) is 48.5 Å². The number of nitrogens with one attached hydrogen (secondary N) is 2. The van der Waals surface area contributed by atoms with E-state index in [1.165, 1.54) is 44.4 Å². The Kier molecular flexibility index (Phi) is 10.0. The summed E-state index contributed by atoms with van der Waals surface area (Å²) in [4.78, 5) is 28.5. The Bertz CT molecular complexity index is 1700. The second-order valence-corrected chi connectivity index (χ2v) is 14.2. The van der Waals surface area contributed by atoms with Gasteiger partial charge in [-0.05, 0) is 83.1 Å². The molecule has 0 spiro atoms. The molecule has 47 heavy (non-hydrogen) atoms. The smallest absolute Gasteiger partial charge is 0.424 e. The van der Waals surface area contributed by atoms with Crippen LogP contribution in [0.2, 0.25) is 0 Å². The zero-order valence-electron chi connectivity index (χ0n) is 26.5. The van der Waals surface area contributed by atoms with Gasteiger partial charge in [0.1, 0.15) is 24.7 Å². The Morgan fingerprint density at radius 3 is 2.32 bits per heavy atom. The number of aromatic nitrogens is 1. The van der Waals surface area contributed by atoms with Crippen LogP contribution in [-0.2, 0) is 26.9 Å². The molecule has 1 aliphatic rings. The molecule has 2 heterocycles. The molecule has 3 aromatic rings. The number of alkyl halides is 3. The SMILES string of the molecule is COc1cc(C(=O)NC[C@@](O)(c2cc3c(c(-c4ccc(F)cc4)n2)OC[C@@]3(C)NS(=O)C(C)(C)C)C(F)(F)F)ccc1OCC(C)=O. The van der Waals surface area contributed by atoms with E-state index >= 15 is 0 Å². The average Bonchev–Trinajstić information content (AvgIpc) is 3.33. The lowest BCUT2D eigenvalue weighted by Gasteiger charge is -2.32. The van der Waals surface area contributed by atoms with E-state index in [0.717, 1.165) is 18.2 Å². The van der Waals surface area contributed by atoms with Gasteiger partial charge in [-0.2, -0.15) is 13.2 Å². The van der Waals surface area contributed by atoms with Gasteiger partial charge in [0.05, 0.1) is 40.6 Å². The highest BCUT2D eigenvalue weighted by Gasteiger charge is 2.57. The number of amides is 1. The normalized spacial score (nSPS) is 18.0. The van der Waals surface area contributed by atoms with Crippen LogP contribution in [0.3, 0.4) is 0 Å². The number of hydrogen-bond donors (Lipinski definition) is 3. The zero-order chi connectivity index (χ0) is 34.9. The zero-order valence-corrected chi connectivity index (χ0v) is 27.3. The maximum atomic E-state index is 14.8. The Morgan fingerprint density at radius 1 is 1.09 bits per heavy atom. The Balaban J connectivity index is 1.77. The monoisotopic (exact) mass is 681 g/mol. The number of pyridine rings is 1. The molecule has 1 aromatic heterocycles. The first kappa shape index (κ1) is 35.8. The number of carbonyl (C=O) groups is 2. The van der Waals surface area contributed by atoms with Crippen LogP contribution in [0.1, 0.15) is 56.2 Å². The first-order valence-electron chi connectivity index (χ1n) is 14.3. The lowest BCUT2D eigenvalue weighted by atomic mass is 9.89. The number of carbonyl (C=O) groups excluding carboxylic acids is 2. The van der Waals surface area contributed by atoms with Crippen molar-refractivity contribution in [3.8, 4) is 28.5 Å². The van der Waals surface area contributed by atoms with E-state index in [4.69, 9.17) is 14.2 Å². The van der Waals surface area contributed by atoms with Gasteiger partial charge in [0.25, 0.3) is 5.91 Å². The summed E-state index contributed by atoms with van der Waals surface area (Å²) in [5.74, 6) is -1.61. The van der Waals surface area contributed by atoms with Crippen molar-refractivity contribution < 1.29 is 50.7 Å². The summed E-state index contributed by atoms with van der Waals surface area (Å²) in [5.41, 5.74) is -5.83. The molecule has 4 rings (SSSR count).